The molecule has 13 heteroatoms. The van der Waals surface area contributed by atoms with Crippen molar-refractivity contribution in [2.75, 3.05) is 11.9 Å². The van der Waals surface area contributed by atoms with Gasteiger partial charge < -0.3 is 15.5 Å². The van der Waals surface area contributed by atoms with Gasteiger partial charge in [-0.1, -0.05) is 23.4 Å². The Kier molecular flexibility index (Phi) is 8.68. The summed E-state index contributed by atoms with van der Waals surface area (Å²) in [5.41, 5.74) is 3.90. The Morgan fingerprint density at radius 1 is 1.04 bits per heavy atom. The lowest BCUT2D eigenvalue weighted by Gasteiger charge is -2.29. The fraction of sp³-hybridized carbons (Fsp3) is 0.471. The summed E-state index contributed by atoms with van der Waals surface area (Å²) in [5, 5.41) is 14.2. The third kappa shape index (κ3) is 6.73. The quantitative estimate of drug-likeness (QED) is 0.246. The van der Waals surface area contributed by atoms with Gasteiger partial charge in [-0.15, -0.1) is 0 Å². The van der Waals surface area contributed by atoms with Crippen molar-refractivity contribution in [3.8, 4) is 23.1 Å². The molecule has 0 bridgehead atoms. The van der Waals surface area contributed by atoms with Crippen molar-refractivity contribution in [3.05, 3.63) is 57.8 Å². The van der Waals surface area contributed by atoms with Gasteiger partial charge in [-0.2, -0.15) is 5.10 Å². The second-order valence-corrected chi connectivity index (χ2v) is 13.3. The van der Waals surface area contributed by atoms with Crippen LogP contribution in [-0.2, 0) is 29.6 Å². The average molecular weight is 659 g/mol. The molecule has 11 nitrogen and oxygen atoms in total. The summed E-state index contributed by atoms with van der Waals surface area (Å²) in [7, 11) is 1.96. The van der Waals surface area contributed by atoms with Crippen molar-refractivity contribution in [3.63, 3.8) is 0 Å². The number of imide groups is 1. The highest BCUT2D eigenvalue weighted by molar-refractivity contribution is 6.33. The number of amides is 3. The average Bonchev–Trinajstić information content (AvgIpc) is 3.74. The van der Waals surface area contributed by atoms with E-state index in [1.807, 2.05) is 17.9 Å². The number of piperidine rings is 1. The molecule has 244 valence electrons. The number of aromatic nitrogens is 4. The summed E-state index contributed by atoms with van der Waals surface area (Å²) in [4.78, 5) is 47.4. The van der Waals surface area contributed by atoms with Crippen LogP contribution in [0.4, 0.5) is 10.3 Å². The zero-order valence-electron chi connectivity index (χ0n) is 26.1. The van der Waals surface area contributed by atoms with Crippen molar-refractivity contribution in [2.24, 2.45) is 13.0 Å². The second-order valence-electron chi connectivity index (χ2n) is 12.9. The molecule has 1 atom stereocenters. The molecular formula is C34H36ClFN8O3. The number of hydrogen-bond acceptors (Lipinski definition) is 8. The molecule has 0 radical (unpaired) electrons. The zero-order chi connectivity index (χ0) is 32.7. The third-order valence-electron chi connectivity index (χ3n) is 9.61. The number of fused-ring (bicyclic) bond motifs is 1. The van der Waals surface area contributed by atoms with Gasteiger partial charge in [0.05, 0.1) is 35.2 Å². The van der Waals surface area contributed by atoms with Crippen LogP contribution in [0.25, 0.3) is 11.3 Å². The number of aryl methyl sites for hydroxylation is 1. The maximum absolute atomic E-state index is 14.9. The smallest absolute Gasteiger partial charge is 0.255 e. The van der Waals surface area contributed by atoms with E-state index in [1.165, 1.54) is 23.8 Å². The van der Waals surface area contributed by atoms with Gasteiger partial charge >= 0.3 is 0 Å². The lowest BCUT2D eigenvalue weighted by atomic mass is 9.91. The minimum atomic E-state index is -0.743. The SMILES string of the molecule is Cn1ncc(-c2nc(NC3CCC(NCC#Cc4cc5c(cc4F)C(=O)N(C4CCC(=O)NC4=O)C5)CC3)ncc2Cl)c1CC1CC1. The van der Waals surface area contributed by atoms with Gasteiger partial charge in [-0.3, -0.25) is 24.4 Å². The van der Waals surface area contributed by atoms with E-state index in [9.17, 15) is 18.8 Å². The largest absolute Gasteiger partial charge is 0.351 e. The Morgan fingerprint density at radius 2 is 1.83 bits per heavy atom. The Labute approximate surface area is 277 Å². The van der Waals surface area contributed by atoms with E-state index in [1.54, 1.807) is 12.3 Å². The molecule has 0 spiro atoms. The molecule has 2 aliphatic carbocycles. The van der Waals surface area contributed by atoms with E-state index in [2.05, 4.69) is 37.9 Å². The van der Waals surface area contributed by atoms with Crippen LogP contribution < -0.4 is 16.0 Å². The maximum atomic E-state index is 14.9. The molecule has 1 saturated heterocycles. The molecule has 2 saturated carbocycles. The molecule has 1 unspecified atom stereocenters. The van der Waals surface area contributed by atoms with Crippen LogP contribution in [-0.4, -0.2) is 67.0 Å². The predicted molar refractivity (Wildman–Crippen MR) is 173 cm³/mol. The van der Waals surface area contributed by atoms with Crippen LogP contribution in [0, 0.1) is 23.6 Å². The molecule has 4 aliphatic rings. The van der Waals surface area contributed by atoms with Crippen LogP contribution in [0.1, 0.15) is 78.5 Å². The molecular weight excluding hydrogens is 623 g/mol. The van der Waals surface area contributed by atoms with Gasteiger partial charge in [-0.05, 0) is 75.0 Å². The molecule has 7 rings (SSSR count). The fourth-order valence-corrected chi connectivity index (χ4v) is 6.96. The number of benzene rings is 1. The lowest BCUT2D eigenvalue weighted by molar-refractivity contribution is -0.136. The first-order chi connectivity index (χ1) is 22.7. The Balaban J connectivity index is 0.909. The van der Waals surface area contributed by atoms with E-state index in [0.29, 0.717) is 34.7 Å². The summed E-state index contributed by atoms with van der Waals surface area (Å²) >= 11 is 6.54. The standard InChI is InChI=1S/C34H36ClFN8O3/c1-43-29(13-19-4-5-19)25(16-39-43)31-26(35)17-38-34(42-31)40-23-8-6-22(7-9-23)37-12-2-3-20-14-21-18-44(33(47)24(21)15-27(20)36)28-10-11-30(45)41-32(28)46/h14-17,19,22-23,28,37H,4-13,18H2,1H3,(H,38,40,42)(H,41,45,46). The number of anilines is 1. The number of carbonyl (C=O) groups is 3. The molecule has 3 N–H and O–H groups in total. The van der Waals surface area contributed by atoms with Gasteiger partial charge in [0.15, 0.2) is 0 Å². The van der Waals surface area contributed by atoms with E-state index < -0.39 is 23.7 Å². The van der Waals surface area contributed by atoms with Gasteiger partial charge in [0, 0.05) is 48.9 Å². The van der Waals surface area contributed by atoms with E-state index >= 15 is 0 Å². The number of halogens is 2. The Bertz CT molecular complexity index is 1800. The van der Waals surface area contributed by atoms with Crippen LogP contribution in [0.2, 0.25) is 5.02 Å². The van der Waals surface area contributed by atoms with Gasteiger partial charge in [0.2, 0.25) is 17.8 Å². The van der Waals surface area contributed by atoms with E-state index in [4.69, 9.17) is 16.6 Å². The first-order valence-corrected chi connectivity index (χ1v) is 16.6. The molecule has 3 fully saturated rings. The van der Waals surface area contributed by atoms with Crippen molar-refractivity contribution in [2.45, 2.75) is 82.5 Å². The molecule has 4 heterocycles. The maximum Gasteiger partial charge on any atom is 0.255 e. The first kappa shape index (κ1) is 31.3. The summed E-state index contributed by atoms with van der Waals surface area (Å²) in [6.07, 6.45) is 11.2. The predicted octanol–water partition coefficient (Wildman–Crippen LogP) is 3.75. The molecule has 47 heavy (non-hydrogen) atoms. The normalized spacial score (nSPS) is 22.5. The minimum absolute atomic E-state index is 0.165. The van der Waals surface area contributed by atoms with Gasteiger partial charge in [0.1, 0.15) is 11.9 Å². The minimum Gasteiger partial charge on any atom is -0.351 e. The van der Waals surface area contributed by atoms with E-state index in [-0.39, 0.29) is 48.5 Å². The van der Waals surface area contributed by atoms with Crippen molar-refractivity contribution in [1.29, 1.82) is 0 Å². The van der Waals surface area contributed by atoms with Crippen LogP contribution in [0.3, 0.4) is 0 Å². The summed E-state index contributed by atoms with van der Waals surface area (Å²) in [6.45, 7) is 0.580. The van der Waals surface area contributed by atoms with Gasteiger partial charge in [0.25, 0.3) is 5.91 Å². The second kappa shape index (κ2) is 13.0. The van der Waals surface area contributed by atoms with E-state index in [0.717, 1.165) is 43.4 Å². The Morgan fingerprint density at radius 3 is 2.60 bits per heavy atom. The highest BCUT2D eigenvalue weighted by atomic mass is 35.5. The number of carbonyl (C=O) groups excluding carboxylic acids is 3. The molecule has 2 aromatic heterocycles. The highest BCUT2D eigenvalue weighted by Gasteiger charge is 2.39. The van der Waals surface area contributed by atoms with Crippen LogP contribution in [0.5, 0.6) is 0 Å². The van der Waals surface area contributed by atoms with Crippen molar-refractivity contribution >= 4 is 35.3 Å². The van der Waals surface area contributed by atoms with Crippen molar-refractivity contribution < 1.29 is 18.8 Å². The highest BCUT2D eigenvalue weighted by Crippen LogP contribution is 2.37. The first-order valence-electron chi connectivity index (χ1n) is 16.2. The molecule has 3 aromatic rings. The van der Waals surface area contributed by atoms with Crippen molar-refractivity contribution in [1.82, 2.24) is 35.3 Å². The lowest BCUT2D eigenvalue weighted by Crippen LogP contribution is -2.52. The number of nitrogens with one attached hydrogen (secondary N) is 3. The molecule has 3 amide bonds. The number of rotatable bonds is 8. The molecule has 1 aromatic carbocycles. The number of hydrogen-bond donors (Lipinski definition) is 3. The monoisotopic (exact) mass is 658 g/mol. The summed E-state index contributed by atoms with van der Waals surface area (Å²) in [5.74, 6) is 5.37. The van der Waals surface area contributed by atoms with Gasteiger partial charge in [-0.25, -0.2) is 14.4 Å². The topological polar surface area (TPSA) is 134 Å². The number of nitrogens with zero attached hydrogens (tertiary/aromatic N) is 5. The van der Waals surface area contributed by atoms with Crippen LogP contribution >= 0.6 is 11.6 Å². The molecule has 2 aliphatic heterocycles. The third-order valence-corrected chi connectivity index (χ3v) is 9.89. The Hall–Kier alpha value is -4.34. The fourth-order valence-electron chi connectivity index (χ4n) is 6.77. The zero-order valence-corrected chi connectivity index (χ0v) is 26.9. The summed E-state index contributed by atoms with van der Waals surface area (Å²) in [6, 6.07) is 2.56. The summed E-state index contributed by atoms with van der Waals surface area (Å²) < 4.78 is 16.8. The van der Waals surface area contributed by atoms with Crippen LogP contribution in [0.15, 0.2) is 24.5 Å².